The summed E-state index contributed by atoms with van der Waals surface area (Å²) >= 11 is 6.67. The van der Waals surface area contributed by atoms with Gasteiger partial charge in [0.25, 0.3) is 10.0 Å². The molecule has 0 aliphatic carbocycles. The number of aromatic nitrogens is 2. The molecule has 0 bridgehead atoms. The van der Waals surface area contributed by atoms with E-state index < -0.39 is 10.0 Å². The average Bonchev–Trinajstić information content (AvgIpc) is 2.69. The average molecular weight is 304 g/mol. The molecule has 0 aromatic carbocycles. The van der Waals surface area contributed by atoms with E-state index in [2.05, 4.69) is 9.97 Å². The summed E-state index contributed by atoms with van der Waals surface area (Å²) < 4.78 is 26.2. The maximum Gasteiger partial charge on any atom is 0.276 e. The summed E-state index contributed by atoms with van der Waals surface area (Å²) in [4.78, 5) is 7.92. The van der Waals surface area contributed by atoms with Gasteiger partial charge in [-0.25, -0.2) is 18.4 Å². The molecule has 0 N–H and O–H groups in total. The van der Waals surface area contributed by atoms with Crippen LogP contribution in [-0.2, 0) is 10.0 Å². The summed E-state index contributed by atoms with van der Waals surface area (Å²) in [7, 11) is -2.21. The minimum Gasteiger partial charge on any atom is -0.252 e. The van der Waals surface area contributed by atoms with Crippen molar-refractivity contribution in [1.29, 1.82) is 0 Å². The van der Waals surface area contributed by atoms with E-state index >= 15 is 0 Å². The molecule has 0 amide bonds. The van der Waals surface area contributed by atoms with E-state index in [9.17, 15) is 8.42 Å². The lowest BCUT2D eigenvalue weighted by atomic mass is 10.5. The smallest absolute Gasteiger partial charge is 0.252 e. The molecule has 0 fully saturated rings. The van der Waals surface area contributed by atoms with E-state index in [1.165, 1.54) is 13.2 Å². The van der Waals surface area contributed by atoms with Gasteiger partial charge in [-0.2, -0.15) is 0 Å². The Hall–Kier alpha value is -1.18. The van der Waals surface area contributed by atoms with Gasteiger partial charge in [-0.1, -0.05) is 29.0 Å². The second-order valence-electron chi connectivity index (χ2n) is 3.50. The van der Waals surface area contributed by atoms with Crippen LogP contribution in [0.5, 0.6) is 0 Å². The SMILES string of the molecule is Cc1nc(Cl)sc1S(=O)(=O)N(C)c1ccccn1. The highest BCUT2D eigenvalue weighted by Crippen LogP contribution is 2.30. The van der Waals surface area contributed by atoms with E-state index in [-0.39, 0.29) is 8.68 Å². The van der Waals surface area contributed by atoms with Crippen molar-refractivity contribution in [2.24, 2.45) is 0 Å². The predicted octanol–water partition coefficient (Wildman–Crippen LogP) is 2.33. The minimum absolute atomic E-state index is 0.139. The van der Waals surface area contributed by atoms with Crippen LogP contribution in [0, 0.1) is 6.92 Å². The monoisotopic (exact) mass is 303 g/mol. The van der Waals surface area contributed by atoms with Crippen molar-refractivity contribution in [3.8, 4) is 0 Å². The second kappa shape index (κ2) is 4.83. The summed E-state index contributed by atoms with van der Waals surface area (Å²) in [5.74, 6) is 0.349. The molecule has 2 rings (SSSR count). The first kappa shape index (κ1) is 13.3. The molecule has 18 heavy (non-hydrogen) atoms. The first-order valence-electron chi connectivity index (χ1n) is 4.96. The number of rotatable bonds is 3. The van der Waals surface area contributed by atoms with Crippen molar-refractivity contribution in [2.75, 3.05) is 11.4 Å². The van der Waals surface area contributed by atoms with E-state index in [1.54, 1.807) is 25.1 Å². The van der Waals surface area contributed by atoms with Crippen molar-refractivity contribution >= 4 is 38.8 Å². The number of sulfonamides is 1. The van der Waals surface area contributed by atoms with E-state index in [4.69, 9.17) is 11.6 Å². The van der Waals surface area contributed by atoms with Crippen molar-refractivity contribution in [3.63, 3.8) is 0 Å². The van der Waals surface area contributed by atoms with E-state index in [0.717, 1.165) is 15.6 Å². The van der Waals surface area contributed by atoms with Gasteiger partial charge in [0.2, 0.25) is 0 Å². The summed E-state index contributed by atoms with van der Waals surface area (Å²) in [5.41, 5.74) is 0.396. The topological polar surface area (TPSA) is 63.2 Å². The fourth-order valence-electron chi connectivity index (χ4n) is 1.38. The highest BCUT2D eigenvalue weighted by Gasteiger charge is 2.27. The normalized spacial score (nSPS) is 11.5. The Balaban J connectivity index is 2.47. The molecule has 0 aliphatic rings. The molecule has 0 unspecified atom stereocenters. The van der Waals surface area contributed by atoms with Crippen LogP contribution in [0.1, 0.15) is 5.69 Å². The molecular weight excluding hydrogens is 294 g/mol. The van der Waals surface area contributed by atoms with Crippen LogP contribution < -0.4 is 4.31 Å². The fraction of sp³-hybridized carbons (Fsp3) is 0.200. The molecule has 0 spiro atoms. The number of hydrogen-bond donors (Lipinski definition) is 0. The van der Waals surface area contributed by atoms with Crippen LogP contribution >= 0.6 is 22.9 Å². The van der Waals surface area contributed by atoms with Gasteiger partial charge in [-0.3, -0.25) is 4.31 Å². The minimum atomic E-state index is -3.66. The van der Waals surface area contributed by atoms with Crippen LogP contribution in [0.25, 0.3) is 0 Å². The molecule has 2 aromatic rings. The van der Waals surface area contributed by atoms with Gasteiger partial charge >= 0.3 is 0 Å². The van der Waals surface area contributed by atoms with E-state index in [0.29, 0.717) is 11.5 Å². The molecule has 8 heteroatoms. The lowest BCUT2D eigenvalue weighted by Crippen LogP contribution is -2.27. The van der Waals surface area contributed by atoms with Crippen molar-refractivity contribution in [2.45, 2.75) is 11.1 Å². The van der Waals surface area contributed by atoms with Crippen molar-refractivity contribution in [1.82, 2.24) is 9.97 Å². The summed E-state index contributed by atoms with van der Waals surface area (Å²) in [6.45, 7) is 1.61. The maximum absolute atomic E-state index is 12.4. The van der Waals surface area contributed by atoms with Crippen LogP contribution in [0.4, 0.5) is 5.82 Å². The molecule has 0 saturated heterocycles. The number of thiazole rings is 1. The molecule has 2 aromatic heterocycles. The Morgan fingerprint density at radius 2 is 2.11 bits per heavy atom. The Kier molecular flexibility index (Phi) is 3.56. The van der Waals surface area contributed by atoms with Gasteiger partial charge in [0.05, 0.1) is 5.69 Å². The number of aryl methyl sites for hydroxylation is 1. The molecular formula is C10H10ClN3O2S2. The zero-order valence-corrected chi connectivity index (χ0v) is 12.1. The summed E-state index contributed by atoms with van der Waals surface area (Å²) in [6.07, 6.45) is 1.54. The molecule has 0 saturated carbocycles. The summed E-state index contributed by atoms with van der Waals surface area (Å²) in [5, 5.41) is 0. The van der Waals surface area contributed by atoms with Gasteiger partial charge in [0.15, 0.2) is 8.68 Å². The standard InChI is InChI=1S/C10H10ClN3O2S2/c1-7-9(17-10(11)13-7)18(15,16)14(2)8-5-3-4-6-12-8/h3-6H,1-2H3. The second-order valence-corrected chi connectivity index (χ2v) is 7.25. The lowest BCUT2D eigenvalue weighted by molar-refractivity contribution is 0.595. The van der Waals surface area contributed by atoms with Crippen molar-refractivity contribution < 1.29 is 8.42 Å². The van der Waals surface area contributed by atoms with Gasteiger partial charge < -0.3 is 0 Å². The van der Waals surface area contributed by atoms with Crippen LogP contribution in [0.15, 0.2) is 28.6 Å². The first-order chi connectivity index (χ1) is 8.43. The van der Waals surface area contributed by atoms with Gasteiger partial charge in [0, 0.05) is 13.2 Å². The third-order valence-corrected chi connectivity index (χ3v) is 5.91. The van der Waals surface area contributed by atoms with E-state index in [1.807, 2.05) is 0 Å². The quantitative estimate of drug-likeness (QED) is 0.873. The molecule has 2 heterocycles. The molecule has 0 atom stereocenters. The third kappa shape index (κ3) is 2.33. The Labute approximate surface area is 114 Å². The zero-order valence-electron chi connectivity index (χ0n) is 9.66. The fourth-order valence-corrected chi connectivity index (χ4v) is 4.42. The lowest BCUT2D eigenvalue weighted by Gasteiger charge is -2.17. The molecule has 5 nitrogen and oxygen atoms in total. The zero-order chi connectivity index (χ0) is 13.3. The first-order valence-corrected chi connectivity index (χ1v) is 7.59. The molecule has 96 valence electrons. The number of anilines is 1. The third-order valence-electron chi connectivity index (χ3n) is 2.29. The number of halogens is 1. The van der Waals surface area contributed by atoms with Gasteiger partial charge in [0.1, 0.15) is 5.82 Å². The predicted molar refractivity (Wildman–Crippen MR) is 71.7 cm³/mol. The van der Waals surface area contributed by atoms with Gasteiger partial charge in [-0.15, -0.1) is 0 Å². The van der Waals surface area contributed by atoms with Gasteiger partial charge in [-0.05, 0) is 19.1 Å². The Morgan fingerprint density at radius 1 is 1.39 bits per heavy atom. The van der Waals surface area contributed by atoms with Crippen LogP contribution in [0.3, 0.4) is 0 Å². The highest BCUT2D eigenvalue weighted by molar-refractivity contribution is 7.94. The van der Waals surface area contributed by atoms with Crippen molar-refractivity contribution in [3.05, 3.63) is 34.6 Å². The largest absolute Gasteiger partial charge is 0.276 e. The number of hydrogen-bond acceptors (Lipinski definition) is 5. The Bertz CT molecular complexity index is 655. The maximum atomic E-state index is 12.4. The summed E-state index contributed by atoms with van der Waals surface area (Å²) in [6, 6.07) is 5.06. The number of pyridine rings is 1. The Morgan fingerprint density at radius 3 is 2.61 bits per heavy atom. The van der Waals surface area contributed by atoms with Crippen LogP contribution in [-0.4, -0.2) is 25.4 Å². The van der Waals surface area contributed by atoms with Crippen LogP contribution in [0.2, 0.25) is 4.47 Å². The highest BCUT2D eigenvalue weighted by atomic mass is 35.5. The molecule has 0 radical (unpaired) electrons. The molecule has 0 aliphatic heterocycles. The number of nitrogens with zero attached hydrogens (tertiary/aromatic N) is 3.